The molecule has 5 heteroatoms. The van der Waals surface area contributed by atoms with Crippen molar-refractivity contribution in [1.82, 2.24) is 0 Å². The molecule has 5 nitrogen and oxygen atoms in total. The van der Waals surface area contributed by atoms with Gasteiger partial charge in [0.2, 0.25) is 5.91 Å². The Morgan fingerprint density at radius 3 is 2.85 bits per heavy atom. The maximum Gasteiger partial charge on any atom is 0.224 e. The number of fused-ring (bicyclic) bond motifs is 1. The molecule has 1 aromatic carbocycles. The summed E-state index contributed by atoms with van der Waals surface area (Å²) in [5.41, 5.74) is 6.40. The van der Waals surface area contributed by atoms with E-state index < -0.39 is 0 Å². The second-order valence-corrected chi connectivity index (χ2v) is 5.13. The van der Waals surface area contributed by atoms with E-state index in [0.29, 0.717) is 25.4 Å². The fourth-order valence-electron chi connectivity index (χ4n) is 2.05. The zero-order valence-corrected chi connectivity index (χ0v) is 11.9. The van der Waals surface area contributed by atoms with Crippen molar-refractivity contribution >= 4 is 11.6 Å². The van der Waals surface area contributed by atoms with Crippen LogP contribution in [0.15, 0.2) is 18.2 Å². The lowest BCUT2D eigenvalue weighted by Gasteiger charge is -2.10. The number of nitrogens with two attached hydrogens (primary N) is 1. The first kappa shape index (κ1) is 14.7. The van der Waals surface area contributed by atoms with E-state index in [-0.39, 0.29) is 11.9 Å². The number of amides is 1. The van der Waals surface area contributed by atoms with Gasteiger partial charge in [-0.1, -0.05) is 0 Å². The van der Waals surface area contributed by atoms with Gasteiger partial charge in [-0.2, -0.15) is 0 Å². The zero-order valence-electron chi connectivity index (χ0n) is 11.9. The van der Waals surface area contributed by atoms with Gasteiger partial charge in [0.05, 0.1) is 13.2 Å². The lowest BCUT2D eigenvalue weighted by Crippen LogP contribution is -2.16. The Morgan fingerprint density at radius 2 is 2.10 bits per heavy atom. The molecule has 0 aromatic heterocycles. The normalized spacial score (nSPS) is 15.3. The van der Waals surface area contributed by atoms with Gasteiger partial charge in [-0.05, 0) is 31.9 Å². The Balaban J connectivity index is 1.89. The number of hydrogen-bond acceptors (Lipinski definition) is 4. The second kappa shape index (κ2) is 7.14. The molecule has 0 bridgehead atoms. The van der Waals surface area contributed by atoms with E-state index in [2.05, 4.69) is 5.32 Å². The van der Waals surface area contributed by atoms with Crippen LogP contribution in [-0.4, -0.2) is 25.2 Å². The highest BCUT2D eigenvalue weighted by atomic mass is 16.5. The van der Waals surface area contributed by atoms with E-state index in [9.17, 15) is 4.79 Å². The maximum atomic E-state index is 11.8. The van der Waals surface area contributed by atoms with Crippen LogP contribution in [0.5, 0.6) is 11.5 Å². The number of rotatable bonds is 5. The average Bonchev–Trinajstić information content (AvgIpc) is 2.62. The summed E-state index contributed by atoms with van der Waals surface area (Å²) in [5.74, 6) is 1.42. The number of hydrogen-bond donors (Lipinski definition) is 2. The molecule has 2 rings (SSSR count). The zero-order chi connectivity index (χ0) is 14.4. The molecule has 1 unspecified atom stereocenters. The molecule has 110 valence electrons. The van der Waals surface area contributed by atoms with Crippen molar-refractivity contribution in [2.75, 3.05) is 18.5 Å². The number of benzene rings is 1. The van der Waals surface area contributed by atoms with Gasteiger partial charge in [0.1, 0.15) is 0 Å². The van der Waals surface area contributed by atoms with Crippen LogP contribution in [0.4, 0.5) is 5.69 Å². The molecule has 1 atom stereocenters. The second-order valence-electron chi connectivity index (χ2n) is 5.13. The maximum absolute atomic E-state index is 11.8. The summed E-state index contributed by atoms with van der Waals surface area (Å²) in [4.78, 5) is 11.8. The van der Waals surface area contributed by atoms with Crippen LogP contribution in [0.25, 0.3) is 0 Å². The lowest BCUT2D eigenvalue weighted by molar-refractivity contribution is -0.116. The minimum atomic E-state index is 0.000130. The molecule has 0 spiro atoms. The van der Waals surface area contributed by atoms with Crippen molar-refractivity contribution in [3.05, 3.63) is 18.2 Å². The van der Waals surface area contributed by atoms with Crippen LogP contribution < -0.4 is 20.5 Å². The molecule has 1 amide bonds. The third kappa shape index (κ3) is 4.42. The Bertz CT molecular complexity index is 460. The molecule has 0 saturated heterocycles. The van der Waals surface area contributed by atoms with E-state index >= 15 is 0 Å². The summed E-state index contributed by atoms with van der Waals surface area (Å²) in [7, 11) is 0. The number of carbonyl (C=O) groups is 1. The summed E-state index contributed by atoms with van der Waals surface area (Å²) < 4.78 is 11.1. The standard InChI is InChI=1S/C15H22N2O3/c1-11(16)4-2-5-15(18)17-12-6-7-13-14(10-12)20-9-3-8-19-13/h6-7,10-11H,2-5,8-9,16H2,1H3,(H,17,18). The molecular formula is C15H22N2O3. The molecule has 1 aliphatic heterocycles. The number of carbonyl (C=O) groups excluding carboxylic acids is 1. The summed E-state index contributed by atoms with van der Waals surface area (Å²) in [6.45, 7) is 3.25. The van der Waals surface area contributed by atoms with Crippen LogP contribution in [-0.2, 0) is 4.79 Å². The first-order valence-corrected chi connectivity index (χ1v) is 7.10. The summed E-state index contributed by atoms with van der Waals surface area (Å²) in [6.07, 6.45) is 3.01. The van der Waals surface area contributed by atoms with Gasteiger partial charge in [-0.3, -0.25) is 4.79 Å². The molecule has 0 radical (unpaired) electrons. The fourth-order valence-corrected chi connectivity index (χ4v) is 2.05. The predicted molar refractivity (Wildman–Crippen MR) is 78.2 cm³/mol. The minimum Gasteiger partial charge on any atom is -0.490 e. The van der Waals surface area contributed by atoms with Crippen molar-refractivity contribution in [1.29, 1.82) is 0 Å². The van der Waals surface area contributed by atoms with Gasteiger partial charge < -0.3 is 20.5 Å². The Hall–Kier alpha value is -1.75. The topological polar surface area (TPSA) is 73.6 Å². The average molecular weight is 278 g/mol. The molecule has 1 aliphatic rings. The van der Waals surface area contributed by atoms with Gasteiger partial charge in [0.25, 0.3) is 0 Å². The van der Waals surface area contributed by atoms with Crippen molar-refractivity contribution < 1.29 is 14.3 Å². The van der Waals surface area contributed by atoms with E-state index in [1.807, 2.05) is 25.1 Å². The van der Waals surface area contributed by atoms with Crippen LogP contribution in [0.3, 0.4) is 0 Å². The van der Waals surface area contributed by atoms with E-state index in [4.69, 9.17) is 15.2 Å². The summed E-state index contributed by atoms with van der Waals surface area (Å²) in [5, 5.41) is 2.87. The van der Waals surface area contributed by atoms with Crippen LogP contribution in [0, 0.1) is 0 Å². The van der Waals surface area contributed by atoms with E-state index in [0.717, 1.165) is 30.7 Å². The third-order valence-corrected chi connectivity index (χ3v) is 3.09. The first-order valence-electron chi connectivity index (χ1n) is 7.10. The van der Waals surface area contributed by atoms with Gasteiger partial charge in [0, 0.05) is 30.6 Å². The largest absolute Gasteiger partial charge is 0.490 e. The molecular weight excluding hydrogens is 256 g/mol. The van der Waals surface area contributed by atoms with Gasteiger partial charge >= 0.3 is 0 Å². The Kier molecular flexibility index (Phi) is 5.24. The van der Waals surface area contributed by atoms with Gasteiger partial charge in [-0.15, -0.1) is 0 Å². The number of nitrogens with one attached hydrogen (secondary N) is 1. The van der Waals surface area contributed by atoms with E-state index in [1.54, 1.807) is 0 Å². The first-order chi connectivity index (χ1) is 9.65. The van der Waals surface area contributed by atoms with Crippen LogP contribution in [0.1, 0.15) is 32.6 Å². The van der Waals surface area contributed by atoms with Gasteiger partial charge in [-0.25, -0.2) is 0 Å². The monoisotopic (exact) mass is 278 g/mol. The molecule has 0 saturated carbocycles. The SMILES string of the molecule is CC(N)CCCC(=O)Nc1ccc2c(c1)OCCCO2. The van der Waals surface area contributed by atoms with Crippen LogP contribution in [0.2, 0.25) is 0 Å². The van der Waals surface area contributed by atoms with Crippen LogP contribution >= 0.6 is 0 Å². The lowest BCUT2D eigenvalue weighted by atomic mass is 10.1. The smallest absolute Gasteiger partial charge is 0.224 e. The number of ether oxygens (including phenoxy) is 2. The Morgan fingerprint density at radius 1 is 1.35 bits per heavy atom. The van der Waals surface area contributed by atoms with Gasteiger partial charge in [0.15, 0.2) is 11.5 Å². The molecule has 0 fully saturated rings. The third-order valence-electron chi connectivity index (χ3n) is 3.09. The van der Waals surface area contributed by atoms with Crippen molar-refractivity contribution in [2.45, 2.75) is 38.6 Å². The van der Waals surface area contributed by atoms with Crippen molar-refractivity contribution in [2.24, 2.45) is 5.73 Å². The quantitative estimate of drug-likeness (QED) is 0.866. The fraction of sp³-hybridized carbons (Fsp3) is 0.533. The predicted octanol–water partition coefficient (Wildman–Crippen LogP) is 2.30. The molecule has 3 N–H and O–H groups in total. The number of anilines is 1. The van der Waals surface area contributed by atoms with Crippen molar-refractivity contribution in [3.63, 3.8) is 0 Å². The molecule has 0 aliphatic carbocycles. The molecule has 1 heterocycles. The minimum absolute atomic E-state index is 0.000130. The summed E-state index contributed by atoms with van der Waals surface area (Å²) in [6, 6.07) is 5.61. The van der Waals surface area contributed by atoms with Crippen molar-refractivity contribution in [3.8, 4) is 11.5 Å². The highest BCUT2D eigenvalue weighted by Gasteiger charge is 2.11. The molecule has 1 aromatic rings. The highest BCUT2D eigenvalue weighted by molar-refractivity contribution is 5.91. The summed E-state index contributed by atoms with van der Waals surface area (Å²) >= 11 is 0. The van der Waals surface area contributed by atoms with E-state index in [1.165, 1.54) is 0 Å². The molecule has 20 heavy (non-hydrogen) atoms. The highest BCUT2D eigenvalue weighted by Crippen LogP contribution is 2.32. The Labute approximate surface area is 119 Å².